The largest absolute Gasteiger partial charge is 0.496 e. The summed E-state index contributed by atoms with van der Waals surface area (Å²) in [5.74, 6) is 0.998. The molecule has 9 heteroatoms. The van der Waals surface area contributed by atoms with Gasteiger partial charge in [0.15, 0.2) is 12.1 Å². The van der Waals surface area contributed by atoms with Crippen LogP contribution in [-0.2, 0) is 9.31 Å². The van der Waals surface area contributed by atoms with Crippen molar-refractivity contribution in [3.63, 3.8) is 0 Å². The van der Waals surface area contributed by atoms with Crippen molar-refractivity contribution in [3.8, 4) is 17.4 Å². The van der Waals surface area contributed by atoms with Gasteiger partial charge in [-0.25, -0.2) is 4.68 Å². The smallest absolute Gasteiger partial charge is 0.495 e. The lowest BCUT2D eigenvalue weighted by Crippen LogP contribution is -2.41. The monoisotopic (exact) mass is 409 g/mol. The van der Waals surface area contributed by atoms with Gasteiger partial charge in [0.05, 0.1) is 37.1 Å². The molecule has 8 nitrogen and oxygen atoms in total. The Morgan fingerprint density at radius 3 is 2.40 bits per heavy atom. The van der Waals surface area contributed by atoms with Gasteiger partial charge in [0, 0.05) is 11.5 Å². The quantitative estimate of drug-likeness (QED) is 0.473. The molecule has 0 bridgehead atoms. The van der Waals surface area contributed by atoms with Crippen molar-refractivity contribution in [3.05, 3.63) is 36.0 Å². The van der Waals surface area contributed by atoms with Crippen molar-refractivity contribution in [1.82, 2.24) is 14.8 Å². The Hall–Kier alpha value is -2.91. The fraction of sp³-hybridized carbons (Fsp3) is 0.381. The molecule has 1 saturated heterocycles. The molecule has 0 spiro atoms. The van der Waals surface area contributed by atoms with E-state index in [0.29, 0.717) is 17.9 Å². The Kier molecular flexibility index (Phi) is 4.82. The molecular weight excluding hydrogens is 385 g/mol. The molecule has 0 unspecified atom stereocenters. The van der Waals surface area contributed by atoms with Crippen LogP contribution in [0.4, 0.5) is 0 Å². The van der Waals surface area contributed by atoms with Gasteiger partial charge < -0.3 is 18.8 Å². The summed E-state index contributed by atoms with van der Waals surface area (Å²) in [5, 5.41) is 5.40. The van der Waals surface area contributed by atoms with E-state index in [-0.39, 0.29) is 11.4 Å². The molecule has 3 aromatic rings. The molecule has 2 aromatic heterocycles. The van der Waals surface area contributed by atoms with Crippen LogP contribution in [0.2, 0.25) is 0 Å². The van der Waals surface area contributed by atoms with E-state index in [1.54, 1.807) is 16.9 Å². The molecule has 0 saturated carbocycles. The number of hydrogen-bond acceptors (Lipinski definition) is 7. The highest BCUT2D eigenvalue weighted by Crippen LogP contribution is 2.37. The van der Waals surface area contributed by atoms with Gasteiger partial charge in [-0.15, -0.1) is 0 Å². The van der Waals surface area contributed by atoms with Gasteiger partial charge in [0.25, 0.3) is 0 Å². The minimum absolute atomic E-state index is 0.171. The average Bonchev–Trinajstić information content (AvgIpc) is 3.24. The molecular formula is C21H24BN3O5. The van der Waals surface area contributed by atoms with Gasteiger partial charge in [-0.3, -0.25) is 4.79 Å². The molecule has 1 aromatic carbocycles. The molecule has 4 rings (SSSR count). The minimum atomic E-state index is -0.508. The summed E-state index contributed by atoms with van der Waals surface area (Å²) in [6.07, 6.45) is 2.41. The van der Waals surface area contributed by atoms with E-state index >= 15 is 0 Å². The second kappa shape index (κ2) is 7.10. The molecule has 156 valence electrons. The van der Waals surface area contributed by atoms with Crippen LogP contribution in [-0.4, -0.2) is 53.6 Å². The van der Waals surface area contributed by atoms with E-state index in [4.69, 9.17) is 18.8 Å². The third-order valence-electron chi connectivity index (χ3n) is 5.87. The van der Waals surface area contributed by atoms with Gasteiger partial charge in [-0.1, -0.05) is 12.1 Å². The highest BCUT2D eigenvalue weighted by molar-refractivity contribution is 6.65. The maximum Gasteiger partial charge on any atom is 0.495 e. The molecule has 0 N–H and O–H groups in total. The lowest BCUT2D eigenvalue weighted by molar-refractivity contribution is 0.00578. The summed E-state index contributed by atoms with van der Waals surface area (Å²) in [7, 11) is 2.44. The molecule has 3 heterocycles. The zero-order chi connectivity index (χ0) is 21.7. The number of ether oxygens (including phenoxy) is 2. The third-order valence-corrected chi connectivity index (χ3v) is 5.87. The van der Waals surface area contributed by atoms with Crippen molar-refractivity contribution in [2.45, 2.75) is 38.9 Å². The number of nitrogens with zero attached hydrogens (tertiary/aromatic N) is 3. The number of benzene rings is 1. The summed E-state index contributed by atoms with van der Waals surface area (Å²) in [5.41, 5.74) is 1.07. The Balaban J connectivity index is 1.83. The van der Waals surface area contributed by atoms with E-state index in [1.807, 2.05) is 45.9 Å². The van der Waals surface area contributed by atoms with Gasteiger partial charge >= 0.3 is 7.12 Å². The van der Waals surface area contributed by atoms with Crippen LogP contribution in [0.25, 0.3) is 16.7 Å². The lowest BCUT2D eigenvalue weighted by Gasteiger charge is -2.32. The van der Waals surface area contributed by atoms with Crippen LogP contribution in [0, 0.1) is 0 Å². The molecule has 0 atom stereocenters. The SMILES string of the molecule is COc1cc(-n2ncc3c(B4OC(C)(C)C(C)(C)O4)cccc32)nc(OC)c1C=O. The zero-order valence-electron chi connectivity index (χ0n) is 17.9. The normalized spacial score (nSPS) is 17.3. The number of carbonyl (C=O) groups excluding carboxylic acids is 1. The fourth-order valence-electron chi connectivity index (χ4n) is 3.47. The van der Waals surface area contributed by atoms with Crippen molar-refractivity contribution in [2.75, 3.05) is 14.2 Å². The molecule has 1 aliphatic rings. The number of hydrogen-bond donors (Lipinski definition) is 0. The lowest BCUT2D eigenvalue weighted by atomic mass is 9.77. The van der Waals surface area contributed by atoms with Crippen LogP contribution in [0.1, 0.15) is 38.1 Å². The predicted octanol–water partition coefficient (Wildman–Crippen LogP) is 2.55. The van der Waals surface area contributed by atoms with Crippen LogP contribution in [0.3, 0.4) is 0 Å². The van der Waals surface area contributed by atoms with Crippen LogP contribution in [0.15, 0.2) is 30.5 Å². The Morgan fingerprint density at radius 1 is 1.10 bits per heavy atom. The second-order valence-electron chi connectivity index (χ2n) is 8.15. The van der Waals surface area contributed by atoms with Gasteiger partial charge in [-0.05, 0) is 39.2 Å². The molecule has 0 amide bonds. The highest BCUT2D eigenvalue weighted by Gasteiger charge is 2.52. The number of aldehydes is 1. The Bertz CT molecular complexity index is 1080. The molecule has 1 aliphatic heterocycles. The maximum absolute atomic E-state index is 11.4. The van der Waals surface area contributed by atoms with E-state index in [1.165, 1.54) is 14.2 Å². The number of rotatable bonds is 5. The average molecular weight is 409 g/mol. The molecule has 0 radical (unpaired) electrons. The molecule has 1 fully saturated rings. The number of aromatic nitrogens is 3. The van der Waals surface area contributed by atoms with E-state index in [9.17, 15) is 4.79 Å². The van der Waals surface area contributed by atoms with Gasteiger partial charge in [0.2, 0.25) is 5.88 Å². The number of carbonyl (C=O) groups is 1. The van der Waals surface area contributed by atoms with E-state index < -0.39 is 18.3 Å². The summed E-state index contributed by atoms with van der Waals surface area (Å²) in [6, 6.07) is 7.49. The predicted molar refractivity (Wildman–Crippen MR) is 113 cm³/mol. The van der Waals surface area contributed by atoms with Gasteiger partial charge in [-0.2, -0.15) is 10.1 Å². The van der Waals surface area contributed by atoms with Crippen molar-refractivity contribution in [2.24, 2.45) is 0 Å². The van der Waals surface area contributed by atoms with Crippen LogP contribution >= 0.6 is 0 Å². The number of fused-ring (bicyclic) bond motifs is 1. The highest BCUT2D eigenvalue weighted by atomic mass is 16.7. The summed E-state index contributed by atoms with van der Waals surface area (Å²) >= 11 is 0. The topological polar surface area (TPSA) is 84.7 Å². The molecule has 30 heavy (non-hydrogen) atoms. The van der Waals surface area contributed by atoms with Crippen LogP contribution < -0.4 is 14.9 Å². The Labute approximate surface area is 175 Å². The first-order valence-corrected chi connectivity index (χ1v) is 9.63. The zero-order valence-corrected chi connectivity index (χ0v) is 17.9. The minimum Gasteiger partial charge on any atom is -0.496 e. The standard InChI is InChI=1S/C21H24BN3O5/c1-20(2)21(3,4)30-22(29-20)15-8-7-9-16-13(15)11-23-25(16)18-10-17(27-5)14(12-26)19(24-18)28-6/h7-12H,1-6H3. The second-order valence-corrected chi connectivity index (χ2v) is 8.15. The molecule has 0 aliphatic carbocycles. The van der Waals surface area contributed by atoms with Gasteiger partial charge in [0.1, 0.15) is 11.3 Å². The first-order chi connectivity index (χ1) is 14.2. The Morgan fingerprint density at radius 2 is 1.80 bits per heavy atom. The van der Waals surface area contributed by atoms with E-state index in [2.05, 4.69) is 10.1 Å². The maximum atomic E-state index is 11.4. The number of pyridine rings is 1. The summed E-state index contributed by atoms with van der Waals surface area (Å²) in [6.45, 7) is 8.09. The third kappa shape index (κ3) is 3.05. The van der Waals surface area contributed by atoms with Crippen LogP contribution in [0.5, 0.6) is 11.6 Å². The summed E-state index contributed by atoms with van der Waals surface area (Å²) in [4.78, 5) is 15.9. The fourth-order valence-corrected chi connectivity index (χ4v) is 3.47. The van der Waals surface area contributed by atoms with Crippen molar-refractivity contribution >= 4 is 29.8 Å². The van der Waals surface area contributed by atoms with Crippen molar-refractivity contribution < 1.29 is 23.6 Å². The number of methoxy groups -OCH3 is 2. The first-order valence-electron chi connectivity index (χ1n) is 9.63. The van der Waals surface area contributed by atoms with E-state index in [0.717, 1.165) is 16.4 Å². The van der Waals surface area contributed by atoms with Crippen molar-refractivity contribution in [1.29, 1.82) is 0 Å². The summed E-state index contributed by atoms with van der Waals surface area (Å²) < 4.78 is 24.7. The first kappa shape index (κ1) is 20.4.